The zero-order valence-electron chi connectivity index (χ0n) is 9.04. The van der Waals surface area contributed by atoms with E-state index in [1.165, 1.54) is 12.5 Å². The Balaban J connectivity index is 2.64. The molecule has 1 atom stereocenters. The minimum absolute atomic E-state index is 0.114. The third-order valence-electron chi connectivity index (χ3n) is 2.37. The van der Waals surface area contributed by atoms with Crippen molar-refractivity contribution in [2.24, 2.45) is 0 Å². The lowest BCUT2D eigenvalue weighted by Crippen LogP contribution is -1.96. The van der Waals surface area contributed by atoms with Crippen molar-refractivity contribution in [3.05, 3.63) is 46.6 Å². The molecule has 17 heavy (non-hydrogen) atoms. The van der Waals surface area contributed by atoms with Gasteiger partial charge < -0.3 is 4.98 Å². The van der Waals surface area contributed by atoms with E-state index in [2.05, 4.69) is 4.98 Å². The summed E-state index contributed by atoms with van der Waals surface area (Å²) in [5.41, 5.74) is 1.07. The minimum atomic E-state index is -1.41. The van der Waals surface area contributed by atoms with Crippen molar-refractivity contribution in [1.82, 2.24) is 4.98 Å². The molecule has 0 aliphatic heterocycles. The number of H-pyrrole nitrogens is 1. The van der Waals surface area contributed by atoms with Gasteiger partial charge in [-0.15, -0.1) is 0 Å². The van der Waals surface area contributed by atoms with Crippen LogP contribution in [0.2, 0.25) is 0 Å². The van der Waals surface area contributed by atoms with E-state index in [9.17, 15) is 14.3 Å². The predicted octanol–water partition coefficient (Wildman–Crippen LogP) is 2.33. The molecule has 0 fully saturated rings. The average molecular weight is 250 g/mol. The number of nitrogens with zero attached hydrogens (tertiary/aromatic N) is 1. The van der Waals surface area contributed by atoms with Gasteiger partial charge >= 0.3 is 5.69 Å². The molecule has 0 bridgehead atoms. The Kier molecular flexibility index (Phi) is 3.06. The van der Waals surface area contributed by atoms with Gasteiger partial charge in [0.2, 0.25) is 0 Å². The Morgan fingerprint density at radius 2 is 1.94 bits per heavy atom. The molecule has 88 valence electrons. The summed E-state index contributed by atoms with van der Waals surface area (Å²) >= 11 is 0. The molecule has 1 unspecified atom stereocenters. The van der Waals surface area contributed by atoms with Crippen molar-refractivity contribution in [2.75, 3.05) is 6.26 Å². The van der Waals surface area contributed by atoms with Gasteiger partial charge in [-0.25, -0.2) is 0 Å². The fourth-order valence-electron chi connectivity index (χ4n) is 1.63. The number of hydrogen-bond acceptors (Lipinski definition) is 3. The van der Waals surface area contributed by atoms with Crippen LogP contribution in [0.5, 0.6) is 0 Å². The zero-order chi connectivity index (χ0) is 12.4. The van der Waals surface area contributed by atoms with Crippen molar-refractivity contribution in [3.63, 3.8) is 0 Å². The van der Waals surface area contributed by atoms with Crippen LogP contribution in [0.1, 0.15) is 0 Å². The van der Waals surface area contributed by atoms with Crippen LogP contribution in [0.25, 0.3) is 11.1 Å². The number of nitro groups is 1. The molecular formula is C11H10N2O3S. The molecule has 0 aliphatic carbocycles. The van der Waals surface area contributed by atoms with E-state index in [4.69, 9.17) is 0 Å². The first-order valence-corrected chi connectivity index (χ1v) is 6.41. The third kappa shape index (κ3) is 2.12. The van der Waals surface area contributed by atoms with Gasteiger partial charge in [0.25, 0.3) is 0 Å². The summed E-state index contributed by atoms with van der Waals surface area (Å²) in [7, 11) is -1.41. The Hall–Kier alpha value is -1.95. The molecule has 1 N–H and O–H groups in total. The zero-order valence-corrected chi connectivity index (χ0v) is 9.86. The maximum absolute atomic E-state index is 11.4. The molecular weight excluding hydrogens is 240 g/mol. The number of rotatable bonds is 3. The highest BCUT2D eigenvalue weighted by Crippen LogP contribution is 2.34. The van der Waals surface area contributed by atoms with E-state index in [0.29, 0.717) is 5.56 Å². The van der Waals surface area contributed by atoms with Gasteiger partial charge in [-0.2, -0.15) is 0 Å². The molecule has 0 radical (unpaired) electrons. The molecule has 1 heterocycles. The first kappa shape index (κ1) is 11.5. The van der Waals surface area contributed by atoms with Crippen molar-refractivity contribution in [3.8, 4) is 11.1 Å². The molecule has 5 nitrogen and oxygen atoms in total. The van der Waals surface area contributed by atoms with Crippen LogP contribution in [0.3, 0.4) is 0 Å². The molecule has 2 aromatic rings. The van der Waals surface area contributed by atoms with Crippen molar-refractivity contribution < 1.29 is 9.13 Å². The fourth-order valence-corrected chi connectivity index (χ4v) is 2.32. The van der Waals surface area contributed by atoms with Crippen LogP contribution in [0.4, 0.5) is 5.69 Å². The topological polar surface area (TPSA) is 76.0 Å². The van der Waals surface area contributed by atoms with Gasteiger partial charge in [-0.1, -0.05) is 30.3 Å². The lowest BCUT2D eigenvalue weighted by Gasteiger charge is -1.98. The Morgan fingerprint density at radius 1 is 1.29 bits per heavy atom. The molecule has 2 rings (SSSR count). The van der Waals surface area contributed by atoms with Crippen LogP contribution in [0, 0.1) is 10.1 Å². The lowest BCUT2D eigenvalue weighted by atomic mass is 10.1. The minimum Gasteiger partial charge on any atom is -0.348 e. The number of aromatic amines is 1. The number of benzene rings is 1. The summed E-state index contributed by atoms with van der Waals surface area (Å²) in [5.74, 6) is 0. The summed E-state index contributed by atoms with van der Waals surface area (Å²) in [4.78, 5) is 13.2. The first-order chi connectivity index (χ1) is 8.11. The quantitative estimate of drug-likeness (QED) is 0.671. The molecule has 0 aliphatic rings. The SMILES string of the molecule is CS(=O)c1[nH]cc(-c2ccccc2)c1[N+](=O)[O-]. The van der Waals surface area contributed by atoms with Crippen LogP contribution in [-0.4, -0.2) is 20.4 Å². The highest BCUT2D eigenvalue weighted by atomic mass is 32.2. The predicted molar refractivity (Wildman–Crippen MR) is 65.2 cm³/mol. The van der Waals surface area contributed by atoms with Gasteiger partial charge in [0.05, 0.1) is 21.3 Å². The van der Waals surface area contributed by atoms with Gasteiger partial charge in [0, 0.05) is 12.5 Å². The first-order valence-electron chi connectivity index (χ1n) is 4.86. The fraction of sp³-hybridized carbons (Fsp3) is 0.0909. The van der Waals surface area contributed by atoms with Gasteiger partial charge in [-0.3, -0.25) is 14.3 Å². The normalized spacial score (nSPS) is 12.3. The monoisotopic (exact) mass is 250 g/mol. The molecule has 0 spiro atoms. The van der Waals surface area contributed by atoms with Crippen molar-refractivity contribution >= 4 is 16.5 Å². The van der Waals surface area contributed by atoms with Crippen LogP contribution >= 0.6 is 0 Å². The second kappa shape index (κ2) is 4.50. The van der Waals surface area contributed by atoms with E-state index >= 15 is 0 Å². The Morgan fingerprint density at radius 3 is 2.47 bits per heavy atom. The molecule has 0 saturated heterocycles. The molecule has 0 saturated carbocycles. The van der Waals surface area contributed by atoms with E-state index in [-0.39, 0.29) is 10.7 Å². The summed E-state index contributed by atoms with van der Waals surface area (Å²) in [6.07, 6.45) is 2.93. The van der Waals surface area contributed by atoms with Gasteiger partial charge in [0.1, 0.15) is 0 Å². The lowest BCUT2D eigenvalue weighted by molar-refractivity contribution is -0.387. The van der Waals surface area contributed by atoms with Crippen LogP contribution in [0.15, 0.2) is 41.6 Å². The average Bonchev–Trinajstić information content (AvgIpc) is 2.74. The Labute approximate surface area is 100 Å². The molecule has 6 heteroatoms. The van der Waals surface area contributed by atoms with Gasteiger partial charge in [0.15, 0.2) is 5.03 Å². The summed E-state index contributed by atoms with van der Waals surface area (Å²) < 4.78 is 11.4. The maximum atomic E-state index is 11.4. The maximum Gasteiger partial charge on any atom is 0.311 e. The van der Waals surface area contributed by atoms with Crippen LogP contribution < -0.4 is 0 Å². The second-order valence-corrected chi connectivity index (χ2v) is 4.77. The summed E-state index contributed by atoms with van der Waals surface area (Å²) in [5, 5.41) is 11.2. The van der Waals surface area contributed by atoms with E-state index < -0.39 is 15.7 Å². The second-order valence-electron chi connectivity index (χ2n) is 3.46. The largest absolute Gasteiger partial charge is 0.348 e. The number of nitrogens with one attached hydrogen (secondary N) is 1. The van der Waals surface area contributed by atoms with Crippen molar-refractivity contribution in [1.29, 1.82) is 0 Å². The summed E-state index contributed by atoms with van der Waals surface area (Å²) in [6.45, 7) is 0. The van der Waals surface area contributed by atoms with E-state index in [1.54, 1.807) is 24.3 Å². The third-order valence-corrected chi connectivity index (χ3v) is 3.26. The van der Waals surface area contributed by atoms with Crippen LogP contribution in [-0.2, 0) is 10.8 Å². The highest BCUT2D eigenvalue weighted by Gasteiger charge is 2.25. The van der Waals surface area contributed by atoms with Crippen molar-refractivity contribution in [2.45, 2.75) is 5.03 Å². The van der Waals surface area contributed by atoms with Gasteiger partial charge in [-0.05, 0) is 5.56 Å². The van der Waals surface area contributed by atoms with E-state index in [1.807, 2.05) is 6.07 Å². The number of aromatic nitrogens is 1. The smallest absolute Gasteiger partial charge is 0.311 e. The standard InChI is InChI=1S/C11H10N2O3S/c1-17(16)11-10(13(14)15)9(7-12-11)8-5-3-2-4-6-8/h2-7,12H,1H3. The Bertz CT molecular complexity index is 578. The molecule has 1 aromatic heterocycles. The highest BCUT2D eigenvalue weighted by molar-refractivity contribution is 7.84. The number of hydrogen-bond donors (Lipinski definition) is 1. The molecule has 1 aromatic carbocycles. The summed E-state index contributed by atoms with van der Waals surface area (Å²) in [6, 6.07) is 8.99. The molecule has 0 amide bonds. The van der Waals surface area contributed by atoms with E-state index in [0.717, 1.165) is 5.56 Å².